The van der Waals surface area contributed by atoms with Crippen LogP contribution in [0.5, 0.6) is 0 Å². The van der Waals surface area contributed by atoms with Crippen LogP contribution in [0.25, 0.3) is 0 Å². The van der Waals surface area contributed by atoms with Crippen molar-refractivity contribution in [1.29, 1.82) is 0 Å². The van der Waals surface area contributed by atoms with E-state index in [4.69, 9.17) is 4.74 Å². The SMILES string of the molecule is CCOC(=O)C1CCN(C(=O)c2ccc(NC(=O)CCCNC)cc2)CC1. The summed E-state index contributed by atoms with van der Waals surface area (Å²) in [7, 11) is 1.85. The fourth-order valence-corrected chi connectivity index (χ4v) is 3.11. The van der Waals surface area contributed by atoms with Gasteiger partial charge >= 0.3 is 5.97 Å². The van der Waals surface area contributed by atoms with Crippen molar-refractivity contribution in [3.05, 3.63) is 29.8 Å². The lowest BCUT2D eigenvalue weighted by Gasteiger charge is -2.31. The van der Waals surface area contributed by atoms with E-state index in [0.29, 0.717) is 50.2 Å². The molecule has 1 heterocycles. The predicted octanol–water partition coefficient (Wildman–Crippen LogP) is 2.04. The van der Waals surface area contributed by atoms with E-state index in [1.807, 2.05) is 7.05 Å². The number of nitrogens with one attached hydrogen (secondary N) is 2. The second kappa shape index (κ2) is 10.7. The second-order valence-corrected chi connectivity index (χ2v) is 6.65. The lowest BCUT2D eigenvalue weighted by molar-refractivity contribution is -0.149. The summed E-state index contributed by atoms with van der Waals surface area (Å²) in [5, 5.41) is 5.84. The average Bonchev–Trinajstić information content (AvgIpc) is 2.68. The number of carbonyl (C=O) groups is 3. The summed E-state index contributed by atoms with van der Waals surface area (Å²) >= 11 is 0. The predicted molar refractivity (Wildman–Crippen MR) is 103 cm³/mol. The summed E-state index contributed by atoms with van der Waals surface area (Å²) in [5.41, 5.74) is 1.26. The van der Waals surface area contributed by atoms with Gasteiger partial charge in [-0.15, -0.1) is 0 Å². The van der Waals surface area contributed by atoms with Crippen LogP contribution in [0, 0.1) is 5.92 Å². The van der Waals surface area contributed by atoms with Crippen molar-refractivity contribution in [3.63, 3.8) is 0 Å². The number of hydrogen-bond donors (Lipinski definition) is 2. The monoisotopic (exact) mass is 375 g/mol. The topological polar surface area (TPSA) is 87.7 Å². The third-order valence-corrected chi connectivity index (χ3v) is 4.65. The van der Waals surface area contributed by atoms with E-state index in [0.717, 1.165) is 13.0 Å². The first-order chi connectivity index (χ1) is 13.0. The first kappa shape index (κ1) is 20.9. The maximum Gasteiger partial charge on any atom is 0.309 e. The van der Waals surface area contributed by atoms with Gasteiger partial charge in [0.25, 0.3) is 5.91 Å². The molecule has 1 aliphatic rings. The highest BCUT2D eigenvalue weighted by atomic mass is 16.5. The molecule has 0 bridgehead atoms. The van der Waals surface area contributed by atoms with Gasteiger partial charge in [0, 0.05) is 30.8 Å². The highest BCUT2D eigenvalue weighted by Gasteiger charge is 2.28. The molecule has 7 nitrogen and oxygen atoms in total. The van der Waals surface area contributed by atoms with Gasteiger partial charge in [-0.1, -0.05) is 0 Å². The summed E-state index contributed by atoms with van der Waals surface area (Å²) in [6.07, 6.45) is 2.49. The second-order valence-electron chi connectivity index (χ2n) is 6.65. The average molecular weight is 375 g/mol. The zero-order valence-electron chi connectivity index (χ0n) is 16.1. The summed E-state index contributed by atoms with van der Waals surface area (Å²) in [5.74, 6) is -0.372. The molecule has 1 fully saturated rings. The number of nitrogens with zero attached hydrogens (tertiary/aromatic N) is 1. The molecule has 0 atom stereocenters. The van der Waals surface area contributed by atoms with Crippen LogP contribution in [0.3, 0.4) is 0 Å². The van der Waals surface area contributed by atoms with E-state index >= 15 is 0 Å². The van der Waals surface area contributed by atoms with Crippen molar-refractivity contribution < 1.29 is 19.1 Å². The quantitative estimate of drug-likeness (QED) is 0.536. The smallest absolute Gasteiger partial charge is 0.309 e. The van der Waals surface area contributed by atoms with Crippen molar-refractivity contribution in [2.24, 2.45) is 5.92 Å². The van der Waals surface area contributed by atoms with Crippen LogP contribution < -0.4 is 10.6 Å². The maximum atomic E-state index is 12.6. The Hall–Kier alpha value is -2.41. The van der Waals surface area contributed by atoms with Gasteiger partial charge in [-0.25, -0.2) is 0 Å². The van der Waals surface area contributed by atoms with Gasteiger partial charge in [0.1, 0.15) is 0 Å². The molecule has 0 saturated carbocycles. The summed E-state index contributed by atoms with van der Waals surface area (Å²) in [6.45, 7) is 4.08. The zero-order valence-corrected chi connectivity index (χ0v) is 16.1. The normalized spacial score (nSPS) is 14.7. The molecule has 2 N–H and O–H groups in total. The molecule has 2 amide bonds. The van der Waals surface area contributed by atoms with Gasteiger partial charge in [0.15, 0.2) is 0 Å². The molecule has 1 aromatic rings. The third-order valence-electron chi connectivity index (χ3n) is 4.65. The number of rotatable bonds is 8. The van der Waals surface area contributed by atoms with Crippen molar-refractivity contribution in [2.45, 2.75) is 32.6 Å². The van der Waals surface area contributed by atoms with E-state index in [2.05, 4.69) is 10.6 Å². The van der Waals surface area contributed by atoms with Crippen molar-refractivity contribution in [1.82, 2.24) is 10.2 Å². The molecule has 0 unspecified atom stereocenters. The molecule has 1 saturated heterocycles. The molecule has 7 heteroatoms. The maximum absolute atomic E-state index is 12.6. The summed E-state index contributed by atoms with van der Waals surface area (Å²) in [6, 6.07) is 6.94. The standard InChI is InChI=1S/C20H29N3O4/c1-3-27-20(26)16-10-13-23(14-11-16)19(25)15-6-8-17(9-7-15)22-18(24)5-4-12-21-2/h6-9,16,21H,3-5,10-14H2,1-2H3,(H,22,24). The molecule has 0 aliphatic carbocycles. The van der Waals surface area contributed by atoms with E-state index in [-0.39, 0.29) is 23.7 Å². The Morgan fingerprint density at radius 1 is 1.15 bits per heavy atom. The Labute approximate surface area is 160 Å². The van der Waals surface area contributed by atoms with Crippen LogP contribution in [0.2, 0.25) is 0 Å². The lowest BCUT2D eigenvalue weighted by Crippen LogP contribution is -2.40. The minimum atomic E-state index is -0.167. The number of ether oxygens (including phenoxy) is 1. The number of amides is 2. The van der Waals surface area contributed by atoms with Crippen LogP contribution in [0.15, 0.2) is 24.3 Å². The molecular formula is C20H29N3O4. The Morgan fingerprint density at radius 3 is 2.41 bits per heavy atom. The van der Waals surface area contributed by atoms with Gasteiger partial charge in [0.05, 0.1) is 12.5 Å². The summed E-state index contributed by atoms with van der Waals surface area (Å²) < 4.78 is 5.06. The van der Waals surface area contributed by atoms with E-state index in [9.17, 15) is 14.4 Å². The number of benzene rings is 1. The molecule has 0 aromatic heterocycles. The summed E-state index contributed by atoms with van der Waals surface area (Å²) in [4.78, 5) is 38.0. The van der Waals surface area contributed by atoms with E-state index in [1.54, 1.807) is 36.1 Å². The van der Waals surface area contributed by atoms with Crippen molar-refractivity contribution in [3.8, 4) is 0 Å². The van der Waals surface area contributed by atoms with Gasteiger partial charge in [0.2, 0.25) is 5.91 Å². The molecule has 148 valence electrons. The first-order valence-electron chi connectivity index (χ1n) is 9.55. The zero-order chi connectivity index (χ0) is 19.6. The highest BCUT2D eigenvalue weighted by molar-refractivity contribution is 5.96. The van der Waals surface area contributed by atoms with Gasteiger partial charge in [-0.05, 0) is 64.0 Å². The number of likely N-dealkylation sites (tertiary alicyclic amines) is 1. The molecule has 0 spiro atoms. The minimum absolute atomic E-state index is 0.0367. The van der Waals surface area contributed by atoms with Gasteiger partial charge < -0.3 is 20.3 Å². The highest BCUT2D eigenvalue weighted by Crippen LogP contribution is 2.21. The van der Waals surface area contributed by atoms with Crippen LogP contribution in [-0.4, -0.2) is 56.0 Å². The first-order valence-corrected chi connectivity index (χ1v) is 9.55. The Bertz CT molecular complexity index is 637. The number of hydrogen-bond acceptors (Lipinski definition) is 5. The molecule has 0 radical (unpaired) electrons. The number of piperidine rings is 1. The Kier molecular flexibility index (Phi) is 8.26. The van der Waals surface area contributed by atoms with Gasteiger partial charge in [-0.3, -0.25) is 14.4 Å². The van der Waals surface area contributed by atoms with Crippen molar-refractivity contribution in [2.75, 3.05) is 38.6 Å². The molecule has 2 rings (SSSR count). The van der Waals surface area contributed by atoms with Gasteiger partial charge in [-0.2, -0.15) is 0 Å². The van der Waals surface area contributed by atoms with E-state index in [1.165, 1.54) is 0 Å². The molecule has 1 aliphatic heterocycles. The number of esters is 1. The van der Waals surface area contributed by atoms with Crippen LogP contribution >= 0.6 is 0 Å². The number of carbonyl (C=O) groups excluding carboxylic acids is 3. The Morgan fingerprint density at radius 2 is 1.81 bits per heavy atom. The van der Waals surface area contributed by atoms with E-state index < -0.39 is 0 Å². The molecule has 27 heavy (non-hydrogen) atoms. The van der Waals surface area contributed by atoms with Crippen molar-refractivity contribution >= 4 is 23.5 Å². The minimum Gasteiger partial charge on any atom is -0.466 e. The lowest BCUT2D eigenvalue weighted by atomic mass is 9.96. The fraction of sp³-hybridized carbons (Fsp3) is 0.550. The molecular weight excluding hydrogens is 346 g/mol. The third kappa shape index (κ3) is 6.36. The Balaban J connectivity index is 1.83. The number of anilines is 1. The van der Waals surface area contributed by atoms with Crippen LogP contribution in [0.4, 0.5) is 5.69 Å². The largest absolute Gasteiger partial charge is 0.466 e. The fourth-order valence-electron chi connectivity index (χ4n) is 3.11. The van der Waals surface area contributed by atoms with Crippen LogP contribution in [-0.2, 0) is 14.3 Å². The molecule has 1 aromatic carbocycles. The van der Waals surface area contributed by atoms with Crippen LogP contribution in [0.1, 0.15) is 43.0 Å².